The summed E-state index contributed by atoms with van der Waals surface area (Å²) in [5.74, 6) is -2.55. The zero-order chi connectivity index (χ0) is 18.6. The highest BCUT2D eigenvalue weighted by molar-refractivity contribution is 7.89. The summed E-state index contributed by atoms with van der Waals surface area (Å²) in [6.45, 7) is -0.174. The first-order chi connectivity index (χ1) is 11.7. The lowest BCUT2D eigenvalue weighted by Gasteiger charge is -2.08. The van der Waals surface area contributed by atoms with E-state index in [0.717, 1.165) is 18.2 Å². The van der Waals surface area contributed by atoms with Crippen LogP contribution in [0, 0.1) is 0 Å². The number of nitrogens with zero attached hydrogens (tertiary/aromatic N) is 1. The standard InChI is InChI=1S/C15H14N2O7S/c1-24-15(21)9-2-3-10(16-7-9)8-17-25(22,23)11-4-5-13(18)12(6-11)14(19)20/h2-7,17-18H,8H2,1H3,(H,19,20). The van der Waals surface area contributed by atoms with Gasteiger partial charge in [-0.15, -0.1) is 0 Å². The number of nitrogens with one attached hydrogen (secondary N) is 1. The zero-order valence-corrected chi connectivity index (χ0v) is 13.8. The molecule has 0 saturated carbocycles. The molecule has 0 fully saturated rings. The Morgan fingerprint density at radius 2 is 1.96 bits per heavy atom. The second kappa shape index (κ2) is 7.28. The van der Waals surface area contributed by atoms with E-state index in [9.17, 15) is 23.1 Å². The first-order valence-electron chi connectivity index (χ1n) is 6.84. The molecule has 0 radical (unpaired) electrons. The number of carbonyl (C=O) groups excluding carboxylic acids is 1. The Hall–Kier alpha value is -2.98. The van der Waals surface area contributed by atoms with E-state index in [0.29, 0.717) is 5.69 Å². The van der Waals surface area contributed by atoms with E-state index in [-0.39, 0.29) is 17.0 Å². The average molecular weight is 366 g/mol. The largest absolute Gasteiger partial charge is 0.507 e. The number of ether oxygens (including phenoxy) is 1. The van der Waals surface area contributed by atoms with E-state index in [1.54, 1.807) is 0 Å². The Labute approximate surface area is 143 Å². The number of esters is 1. The van der Waals surface area contributed by atoms with E-state index in [4.69, 9.17) is 5.11 Å². The number of aromatic nitrogens is 1. The van der Waals surface area contributed by atoms with Crippen LogP contribution in [0.4, 0.5) is 0 Å². The molecule has 3 N–H and O–H groups in total. The Bertz CT molecular complexity index is 908. The third kappa shape index (κ3) is 4.31. The van der Waals surface area contributed by atoms with Crippen LogP contribution in [0.2, 0.25) is 0 Å². The van der Waals surface area contributed by atoms with Crippen molar-refractivity contribution in [1.29, 1.82) is 0 Å². The molecule has 0 amide bonds. The van der Waals surface area contributed by atoms with E-state index in [1.807, 2.05) is 0 Å². The van der Waals surface area contributed by atoms with Crippen molar-refractivity contribution >= 4 is 22.0 Å². The fourth-order valence-electron chi connectivity index (χ4n) is 1.87. The Kier molecular flexibility index (Phi) is 5.35. The van der Waals surface area contributed by atoms with Gasteiger partial charge >= 0.3 is 11.9 Å². The zero-order valence-electron chi connectivity index (χ0n) is 13.0. The van der Waals surface area contributed by atoms with Gasteiger partial charge in [0.2, 0.25) is 10.0 Å². The quantitative estimate of drug-likeness (QED) is 0.636. The number of rotatable bonds is 6. The molecule has 2 aromatic rings. The number of pyridine rings is 1. The molecule has 132 valence electrons. The maximum atomic E-state index is 12.2. The summed E-state index contributed by atoms with van der Waals surface area (Å²) in [4.78, 5) is 25.9. The SMILES string of the molecule is COC(=O)c1ccc(CNS(=O)(=O)c2ccc(O)c(C(=O)O)c2)nc1. The van der Waals surface area contributed by atoms with Gasteiger partial charge in [0.1, 0.15) is 11.3 Å². The number of carbonyl (C=O) groups is 2. The lowest BCUT2D eigenvalue weighted by molar-refractivity contribution is 0.0599. The Balaban J connectivity index is 2.15. The molecule has 0 spiro atoms. The summed E-state index contributed by atoms with van der Waals surface area (Å²) in [6.07, 6.45) is 1.25. The van der Waals surface area contributed by atoms with Crippen LogP contribution in [-0.4, -0.2) is 42.7 Å². The maximum absolute atomic E-state index is 12.2. The van der Waals surface area contributed by atoms with Crippen molar-refractivity contribution in [2.24, 2.45) is 0 Å². The summed E-state index contributed by atoms with van der Waals surface area (Å²) < 4.78 is 31.2. The van der Waals surface area contributed by atoms with Gasteiger partial charge in [0.25, 0.3) is 0 Å². The van der Waals surface area contributed by atoms with Crippen LogP contribution in [0.15, 0.2) is 41.4 Å². The van der Waals surface area contributed by atoms with E-state index < -0.39 is 33.3 Å². The number of carboxylic acids is 1. The molecule has 0 unspecified atom stereocenters. The summed E-state index contributed by atoms with van der Waals surface area (Å²) in [7, 11) is -2.79. The van der Waals surface area contributed by atoms with Crippen molar-refractivity contribution in [3.63, 3.8) is 0 Å². The fourth-order valence-corrected chi connectivity index (χ4v) is 2.90. The predicted molar refractivity (Wildman–Crippen MR) is 84.7 cm³/mol. The highest BCUT2D eigenvalue weighted by Crippen LogP contribution is 2.21. The summed E-state index contributed by atoms with van der Waals surface area (Å²) in [5.41, 5.74) is 0.0376. The molecular weight excluding hydrogens is 352 g/mol. The molecule has 0 aliphatic heterocycles. The molecule has 0 atom stereocenters. The number of phenols is 1. The maximum Gasteiger partial charge on any atom is 0.339 e. The molecule has 2 rings (SSSR count). The Morgan fingerprint density at radius 3 is 2.52 bits per heavy atom. The normalized spacial score (nSPS) is 11.1. The fraction of sp³-hybridized carbons (Fsp3) is 0.133. The van der Waals surface area contributed by atoms with Crippen molar-refractivity contribution in [3.05, 3.63) is 53.3 Å². The molecule has 9 nitrogen and oxygen atoms in total. The topological polar surface area (TPSA) is 143 Å². The van der Waals surface area contributed by atoms with Crippen molar-refractivity contribution in [3.8, 4) is 5.75 Å². The molecule has 25 heavy (non-hydrogen) atoms. The molecule has 10 heteroatoms. The predicted octanol–water partition coefficient (Wildman–Crippen LogP) is 0.751. The number of benzene rings is 1. The van der Waals surface area contributed by atoms with E-state index in [2.05, 4.69) is 14.4 Å². The van der Waals surface area contributed by atoms with Gasteiger partial charge in [-0.05, 0) is 30.3 Å². The molecular formula is C15H14N2O7S. The van der Waals surface area contributed by atoms with Crippen LogP contribution < -0.4 is 4.72 Å². The number of sulfonamides is 1. The van der Waals surface area contributed by atoms with Crippen LogP contribution in [0.3, 0.4) is 0 Å². The summed E-state index contributed by atoms with van der Waals surface area (Å²) >= 11 is 0. The van der Waals surface area contributed by atoms with Crippen LogP contribution in [0.25, 0.3) is 0 Å². The second-order valence-electron chi connectivity index (χ2n) is 4.84. The highest BCUT2D eigenvalue weighted by atomic mass is 32.2. The minimum absolute atomic E-state index is 0.174. The third-order valence-corrected chi connectivity index (χ3v) is 4.60. The van der Waals surface area contributed by atoms with Gasteiger partial charge in [0.15, 0.2) is 0 Å². The molecule has 0 aliphatic carbocycles. The number of hydrogen-bond acceptors (Lipinski definition) is 7. The smallest absolute Gasteiger partial charge is 0.339 e. The van der Waals surface area contributed by atoms with Crippen LogP contribution in [0.5, 0.6) is 5.75 Å². The number of carboxylic acid groups (broad SMARTS) is 1. The van der Waals surface area contributed by atoms with Gasteiger partial charge in [-0.1, -0.05) is 0 Å². The summed E-state index contributed by atoms with van der Waals surface area (Å²) in [5, 5.41) is 18.4. The molecule has 1 heterocycles. The number of hydrogen-bond donors (Lipinski definition) is 3. The average Bonchev–Trinajstić information content (AvgIpc) is 2.59. The van der Waals surface area contributed by atoms with Crippen LogP contribution in [0.1, 0.15) is 26.4 Å². The van der Waals surface area contributed by atoms with Crippen LogP contribution >= 0.6 is 0 Å². The minimum atomic E-state index is -4.02. The number of methoxy groups -OCH3 is 1. The monoisotopic (exact) mass is 366 g/mol. The van der Waals surface area contributed by atoms with Gasteiger partial charge in [0.05, 0.1) is 29.8 Å². The van der Waals surface area contributed by atoms with Crippen molar-refractivity contribution in [2.75, 3.05) is 7.11 Å². The van der Waals surface area contributed by atoms with Gasteiger partial charge < -0.3 is 14.9 Å². The summed E-state index contributed by atoms with van der Waals surface area (Å²) in [6, 6.07) is 5.81. The van der Waals surface area contributed by atoms with E-state index in [1.165, 1.54) is 25.4 Å². The van der Waals surface area contributed by atoms with Gasteiger partial charge in [-0.2, -0.15) is 0 Å². The molecule has 0 bridgehead atoms. The molecule has 0 saturated heterocycles. The minimum Gasteiger partial charge on any atom is -0.507 e. The van der Waals surface area contributed by atoms with Crippen molar-refractivity contribution in [2.45, 2.75) is 11.4 Å². The second-order valence-corrected chi connectivity index (χ2v) is 6.61. The Morgan fingerprint density at radius 1 is 1.24 bits per heavy atom. The molecule has 0 aliphatic rings. The van der Waals surface area contributed by atoms with Gasteiger partial charge in [-0.3, -0.25) is 4.98 Å². The van der Waals surface area contributed by atoms with Gasteiger partial charge in [0, 0.05) is 6.20 Å². The van der Waals surface area contributed by atoms with Crippen molar-refractivity contribution in [1.82, 2.24) is 9.71 Å². The first-order valence-corrected chi connectivity index (χ1v) is 8.32. The van der Waals surface area contributed by atoms with Crippen LogP contribution in [-0.2, 0) is 21.3 Å². The van der Waals surface area contributed by atoms with Gasteiger partial charge in [-0.25, -0.2) is 22.7 Å². The van der Waals surface area contributed by atoms with Crippen molar-refractivity contribution < 1.29 is 33.0 Å². The molecule has 1 aromatic carbocycles. The van der Waals surface area contributed by atoms with E-state index >= 15 is 0 Å². The molecule has 1 aromatic heterocycles. The lowest BCUT2D eigenvalue weighted by Crippen LogP contribution is -2.24. The third-order valence-electron chi connectivity index (χ3n) is 3.20. The highest BCUT2D eigenvalue weighted by Gasteiger charge is 2.19. The number of aromatic carboxylic acids is 1. The number of aromatic hydroxyl groups is 1. The first kappa shape index (κ1) is 18.4. The lowest BCUT2D eigenvalue weighted by atomic mass is 10.2.